The minimum absolute atomic E-state index is 1.46. The minimum atomic E-state index is -2.17. The van der Waals surface area contributed by atoms with E-state index in [9.17, 15) is 4.79 Å². The van der Waals surface area contributed by atoms with Gasteiger partial charge in [0.25, 0.3) is 3.79 Å². The Balaban J connectivity index is 0.000000223. The standard InChI is InChI=1S/C6H6.C2HCl3O2/c1-2-4-6-5-3-1;3-2(4,5)1(6)7/h1-6H;(H,6,7). The number of rotatable bonds is 0. The van der Waals surface area contributed by atoms with Gasteiger partial charge in [-0.2, -0.15) is 0 Å². The van der Waals surface area contributed by atoms with E-state index in [2.05, 4.69) is 0 Å². The summed E-state index contributed by atoms with van der Waals surface area (Å²) < 4.78 is -2.17. The molecule has 0 amide bonds. The Bertz CT molecular complexity index is 217. The molecule has 0 aliphatic carbocycles. The molecule has 0 aliphatic heterocycles. The number of carboxylic acids is 1. The third-order valence-electron chi connectivity index (χ3n) is 0.909. The summed E-state index contributed by atoms with van der Waals surface area (Å²) in [7, 11) is 0. The molecule has 1 aromatic carbocycles. The second kappa shape index (κ2) is 6.08. The van der Waals surface area contributed by atoms with Crippen molar-refractivity contribution >= 4 is 40.8 Å². The lowest BCUT2D eigenvalue weighted by molar-refractivity contribution is -0.135. The first-order valence-corrected chi connectivity index (χ1v) is 4.38. The summed E-state index contributed by atoms with van der Waals surface area (Å²) in [5, 5.41) is 7.85. The van der Waals surface area contributed by atoms with Gasteiger partial charge in [-0.1, -0.05) is 71.2 Å². The lowest BCUT2D eigenvalue weighted by atomic mass is 10.4. The molecule has 0 atom stereocenters. The normalized spacial score (nSPS) is 9.77. The van der Waals surface area contributed by atoms with E-state index in [-0.39, 0.29) is 0 Å². The first-order chi connectivity index (χ1) is 5.94. The molecule has 5 heteroatoms. The van der Waals surface area contributed by atoms with Crippen LogP contribution in [0.15, 0.2) is 36.4 Å². The van der Waals surface area contributed by atoms with Crippen LogP contribution >= 0.6 is 34.8 Å². The van der Waals surface area contributed by atoms with Crippen LogP contribution in [0.5, 0.6) is 0 Å². The quantitative estimate of drug-likeness (QED) is 0.709. The number of carboxylic acid groups (broad SMARTS) is 1. The van der Waals surface area contributed by atoms with Crippen LogP contribution in [0.1, 0.15) is 0 Å². The lowest BCUT2D eigenvalue weighted by Gasteiger charge is -1.99. The molecule has 0 heterocycles. The molecule has 0 radical (unpaired) electrons. The second-order valence-electron chi connectivity index (χ2n) is 1.96. The maximum Gasteiger partial charge on any atom is 0.356 e. The first kappa shape index (κ1) is 12.6. The first-order valence-electron chi connectivity index (χ1n) is 3.24. The number of alkyl halides is 3. The summed E-state index contributed by atoms with van der Waals surface area (Å²) in [6.07, 6.45) is 0. The molecule has 0 fully saturated rings. The molecule has 13 heavy (non-hydrogen) atoms. The van der Waals surface area contributed by atoms with Gasteiger partial charge < -0.3 is 5.11 Å². The summed E-state index contributed by atoms with van der Waals surface area (Å²) >= 11 is 14.4. The van der Waals surface area contributed by atoms with Crippen LogP contribution in [0.4, 0.5) is 0 Å². The number of benzene rings is 1. The summed E-state index contributed by atoms with van der Waals surface area (Å²) in [5.41, 5.74) is 0. The largest absolute Gasteiger partial charge is 0.478 e. The van der Waals surface area contributed by atoms with E-state index in [1.54, 1.807) is 0 Å². The molecule has 1 aromatic rings. The van der Waals surface area contributed by atoms with E-state index in [1.807, 2.05) is 36.4 Å². The maximum absolute atomic E-state index is 9.62. The Morgan fingerprint density at radius 3 is 1.15 bits per heavy atom. The number of hydrogen-bond donors (Lipinski definition) is 1. The number of aliphatic carboxylic acids is 1. The summed E-state index contributed by atoms with van der Waals surface area (Å²) in [4.78, 5) is 9.62. The molecular formula is C8H7Cl3O2. The van der Waals surface area contributed by atoms with E-state index in [4.69, 9.17) is 39.9 Å². The third-order valence-corrected chi connectivity index (χ3v) is 1.39. The zero-order valence-electron chi connectivity index (χ0n) is 6.45. The molecule has 0 bridgehead atoms. The van der Waals surface area contributed by atoms with Crippen molar-refractivity contribution in [3.63, 3.8) is 0 Å². The van der Waals surface area contributed by atoms with E-state index >= 15 is 0 Å². The van der Waals surface area contributed by atoms with Crippen LogP contribution in [0.25, 0.3) is 0 Å². The molecule has 0 saturated carbocycles. The summed E-state index contributed by atoms with van der Waals surface area (Å²) in [6, 6.07) is 12.0. The van der Waals surface area contributed by atoms with Gasteiger partial charge in [0.1, 0.15) is 0 Å². The van der Waals surface area contributed by atoms with Gasteiger partial charge in [-0.3, -0.25) is 0 Å². The van der Waals surface area contributed by atoms with Crippen molar-refractivity contribution in [3.05, 3.63) is 36.4 Å². The maximum atomic E-state index is 9.62. The van der Waals surface area contributed by atoms with Crippen molar-refractivity contribution in [2.75, 3.05) is 0 Å². The molecule has 0 saturated heterocycles. The fourth-order valence-corrected chi connectivity index (χ4v) is 0.385. The second-order valence-corrected chi connectivity index (χ2v) is 4.24. The highest BCUT2D eigenvalue weighted by molar-refractivity contribution is 6.75. The number of hydrogen-bond acceptors (Lipinski definition) is 1. The van der Waals surface area contributed by atoms with Crippen LogP contribution in [-0.2, 0) is 4.79 Å². The smallest absolute Gasteiger partial charge is 0.356 e. The SMILES string of the molecule is O=C(O)C(Cl)(Cl)Cl.c1ccccc1. The molecule has 0 aromatic heterocycles. The highest BCUT2D eigenvalue weighted by Crippen LogP contribution is 2.25. The van der Waals surface area contributed by atoms with Crippen LogP contribution in [0, 0.1) is 0 Å². The number of carbonyl (C=O) groups is 1. The van der Waals surface area contributed by atoms with Gasteiger partial charge in [-0.25, -0.2) is 4.79 Å². The van der Waals surface area contributed by atoms with E-state index in [1.165, 1.54) is 0 Å². The predicted octanol–water partition coefficient (Wildman–Crippen LogP) is 3.13. The van der Waals surface area contributed by atoms with Crippen LogP contribution in [0.3, 0.4) is 0 Å². The molecule has 1 N–H and O–H groups in total. The van der Waals surface area contributed by atoms with Gasteiger partial charge in [0.2, 0.25) is 0 Å². The van der Waals surface area contributed by atoms with Gasteiger partial charge in [-0.05, 0) is 0 Å². The van der Waals surface area contributed by atoms with Crippen molar-refractivity contribution < 1.29 is 9.90 Å². The van der Waals surface area contributed by atoms with Crippen molar-refractivity contribution in [2.45, 2.75) is 3.79 Å². The molecule has 72 valence electrons. The fraction of sp³-hybridized carbons (Fsp3) is 0.125. The van der Waals surface area contributed by atoms with Gasteiger partial charge in [-0.15, -0.1) is 0 Å². The third kappa shape index (κ3) is 7.91. The Labute approximate surface area is 91.0 Å². The topological polar surface area (TPSA) is 37.3 Å². The molecule has 0 aliphatic rings. The van der Waals surface area contributed by atoms with Gasteiger partial charge in [0, 0.05) is 0 Å². The monoisotopic (exact) mass is 240 g/mol. The average molecular weight is 242 g/mol. The molecule has 0 spiro atoms. The van der Waals surface area contributed by atoms with Gasteiger partial charge in [0.05, 0.1) is 0 Å². The average Bonchev–Trinajstić information content (AvgIpc) is 2.07. The highest BCUT2D eigenvalue weighted by Gasteiger charge is 2.29. The lowest BCUT2D eigenvalue weighted by Crippen LogP contribution is -2.16. The number of halogens is 3. The Morgan fingerprint density at radius 2 is 1.08 bits per heavy atom. The van der Waals surface area contributed by atoms with E-state index < -0.39 is 9.76 Å². The summed E-state index contributed by atoms with van der Waals surface area (Å²) in [5.74, 6) is -1.46. The van der Waals surface area contributed by atoms with Crippen LogP contribution in [-0.4, -0.2) is 14.9 Å². The Hall–Kier alpha value is -0.440. The highest BCUT2D eigenvalue weighted by atomic mass is 35.6. The van der Waals surface area contributed by atoms with Crippen molar-refractivity contribution in [1.82, 2.24) is 0 Å². The summed E-state index contributed by atoms with van der Waals surface area (Å²) in [6.45, 7) is 0. The Kier molecular flexibility index (Phi) is 5.88. The van der Waals surface area contributed by atoms with Crippen LogP contribution in [0.2, 0.25) is 0 Å². The van der Waals surface area contributed by atoms with E-state index in [0.717, 1.165) is 0 Å². The minimum Gasteiger partial charge on any atom is -0.478 e. The van der Waals surface area contributed by atoms with Gasteiger partial charge in [0.15, 0.2) is 0 Å². The van der Waals surface area contributed by atoms with Crippen LogP contribution < -0.4 is 0 Å². The van der Waals surface area contributed by atoms with Crippen molar-refractivity contribution in [1.29, 1.82) is 0 Å². The van der Waals surface area contributed by atoms with Crippen molar-refractivity contribution in [2.24, 2.45) is 0 Å². The molecule has 1 rings (SSSR count). The molecule has 2 nitrogen and oxygen atoms in total. The fourth-order valence-electron chi connectivity index (χ4n) is 0.385. The molecular weight excluding hydrogens is 234 g/mol. The predicted molar refractivity (Wildman–Crippen MR) is 54.4 cm³/mol. The van der Waals surface area contributed by atoms with Gasteiger partial charge >= 0.3 is 5.97 Å². The zero-order chi connectivity index (χ0) is 10.3. The zero-order valence-corrected chi connectivity index (χ0v) is 8.72. The van der Waals surface area contributed by atoms with Crippen molar-refractivity contribution in [3.8, 4) is 0 Å². The molecule has 0 unspecified atom stereocenters. The Morgan fingerprint density at radius 1 is 0.923 bits per heavy atom. The van der Waals surface area contributed by atoms with E-state index in [0.29, 0.717) is 0 Å².